The van der Waals surface area contributed by atoms with E-state index in [-0.39, 0.29) is 18.6 Å². The number of amides is 2. The van der Waals surface area contributed by atoms with Gasteiger partial charge in [0, 0.05) is 25.3 Å². The van der Waals surface area contributed by atoms with Crippen LogP contribution in [0, 0.1) is 0 Å². The average molecular weight is 543 g/mol. The number of pyridine rings is 1. The van der Waals surface area contributed by atoms with Crippen LogP contribution in [0.15, 0.2) is 22.8 Å². The van der Waals surface area contributed by atoms with Gasteiger partial charge in [-0.25, -0.2) is 0 Å². The van der Waals surface area contributed by atoms with Crippen molar-refractivity contribution in [1.29, 1.82) is 0 Å². The van der Waals surface area contributed by atoms with E-state index in [2.05, 4.69) is 26.2 Å². The largest absolute Gasteiger partial charge is 0.433 e. The van der Waals surface area contributed by atoms with E-state index >= 15 is 0 Å². The predicted molar refractivity (Wildman–Crippen MR) is 121 cm³/mol. The van der Waals surface area contributed by atoms with E-state index < -0.39 is 23.8 Å². The fourth-order valence-electron chi connectivity index (χ4n) is 4.60. The first-order chi connectivity index (χ1) is 16.1. The first kappa shape index (κ1) is 24.7. The average Bonchev–Trinajstić information content (AvgIpc) is 3.36. The van der Waals surface area contributed by atoms with Crippen LogP contribution >= 0.6 is 15.9 Å². The molecule has 11 heteroatoms. The second-order valence-corrected chi connectivity index (χ2v) is 9.38. The zero-order valence-electron chi connectivity index (χ0n) is 18.9. The van der Waals surface area contributed by atoms with Gasteiger partial charge in [-0.2, -0.15) is 13.2 Å². The van der Waals surface area contributed by atoms with E-state index in [0.29, 0.717) is 53.1 Å². The lowest BCUT2D eigenvalue weighted by Crippen LogP contribution is -2.36. The zero-order chi connectivity index (χ0) is 24.6. The van der Waals surface area contributed by atoms with Crippen LogP contribution in [-0.4, -0.2) is 45.5 Å². The number of nitrogens with zero attached hydrogens (tertiary/aromatic N) is 3. The SMILES string of the molecule is CC[C@@H](NC(=O)c1c(Br)c(C(=O)N2CCCC2C)n2c1COCC2)c1ccc(C(F)(F)F)nc1. The number of carbonyl (C=O) groups is 2. The van der Waals surface area contributed by atoms with Crippen molar-refractivity contribution in [2.24, 2.45) is 0 Å². The van der Waals surface area contributed by atoms with E-state index in [1.54, 1.807) is 0 Å². The summed E-state index contributed by atoms with van der Waals surface area (Å²) in [6, 6.07) is 1.80. The van der Waals surface area contributed by atoms with E-state index in [1.165, 1.54) is 6.07 Å². The van der Waals surface area contributed by atoms with Crippen LogP contribution in [0.3, 0.4) is 0 Å². The Morgan fingerprint density at radius 2 is 2.09 bits per heavy atom. The second kappa shape index (κ2) is 9.69. The Kier molecular flexibility index (Phi) is 7.04. The first-order valence-electron chi connectivity index (χ1n) is 11.3. The third-order valence-electron chi connectivity index (χ3n) is 6.45. The molecule has 1 N–H and O–H groups in total. The molecule has 0 spiro atoms. The van der Waals surface area contributed by atoms with Gasteiger partial charge in [0.05, 0.1) is 35.0 Å². The van der Waals surface area contributed by atoms with Gasteiger partial charge in [0.2, 0.25) is 0 Å². The number of alkyl halides is 3. The highest BCUT2D eigenvalue weighted by molar-refractivity contribution is 9.10. The summed E-state index contributed by atoms with van der Waals surface area (Å²) in [6.45, 7) is 5.57. The second-order valence-electron chi connectivity index (χ2n) is 8.59. The van der Waals surface area contributed by atoms with Crippen LogP contribution in [0.2, 0.25) is 0 Å². The molecule has 2 aromatic heterocycles. The molecule has 2 aromatic rings. The Balaban J connectivity index is 1.64. The summed E-state index contributed by atoms with van der Waals surface area (Å²) >= 11 is 3.51. The maximum atomic E-state index is 13.4. The predicted octanol–water partition coefficient (Wildman–Crippen LogP) is 4.70. The van der Waals surface area contributed by atoms with E-state index in [0.717, 1.165) is 25.1 Å². The van der Waals surface area contributed by atoms with Crippen LogP contribution in [0.1, 0.15) is 76.9 Å². The molecule has 1 unspecified atom stereocenters. The van der Waals surface area contributed by atoms with Gasteiger partial charge in [0.1, 0.15) is 11.4 Å². The molecular weight excluding hydrogens is 517 g/mol. The highest BCUT2D eigenvalue weighted by atomic mass is 79.9. The van der Waals surface area contributed by atoms with Gasteiger partial charge in [-0.1, -0.05) is 13.0 Å². The molecule has 0 aliphatic carbocycles. The lowest BCUT2D eigenvalue weighted by Gasteiger charge is -2.24. The first-order valence-corrected chi connectivity index (χ1v) is 12.1. The summed E-state index contributed by atoms with van der Waals surface area (Å²) in [7, 11) is 0. The highest BCUT2D eigenvalue weighted by Crippen LogP contribution is 2.34. The normalized spacial score (nSPS) is 19.1. The summed E-state index contributed by atoms with van der Waals surface area (Å²) < 4.78 is 46.4. The maximum Gasteiger partial charge on any atom is 0.433 e. The van der Waals surface area contributed by atoms with Gasteiger partial charge < -0.3 is 19.5 Å². The highest BCUT2D eigenvalue weighted by Gasteiger charge is 2.36. The fourth-order valence-corrected chi connectivity index (χ4v) is 5.39. The van der Waals surface area contributed by atoms with Crippen molar-refractivity contribution in [2.75, 3.05) is 13.2 Å². The van der Waals surface area contributed by atoms with Crippen molar-refractivity contribution in [2.45, 2.75) is 64.5 Å². The van der Waals surface area contributed by atoms with Crippen LogP contribution in [-0.2, 0) is 24.1 Å². The topological polar surface area (TPSA) is 76.5 Å². The van der Waals surface area contributed by atoms with Crippen molar-refractivity contribution in [3.05, 3.63) is 51.0 Å². The van der Waals surface area contributed by atoms with Crippen molar-refractivity contribution in [3.8, 4) is 0 Å². The van der Waals surface area contributed by atoms with Gasteiger partial charge >= 0.3 is 6.18 Å². The summed E-state index contributed by atoms with van der Waals surface area (Å²) in [5.74, 6) is -0.556. The van der Waals surface area contributed by atoms with Gasteiger partial charge in [-0.05, 0) is 53.7 Å². The zero-order valence-corrected chi connectivity index (χ0v) is 20.5. The minimum Gasteiger partial charge on any atom is -0.373 e. The third kappa shape index (κ3) is 4.59. The quantitative estimate of drug-likeness (QED) is 0.594. The Morgan fingerprint density at radius 1 is 1.32 bits per heavy atom. The molecule has 0 saturated carbocycles. The Hall–Kier alpha value is -2.40. The molecule has 1 fully saturated rings. The molecule has 184 valence electrons. The molecule has 0 radical (unpaired) electrons. The van der Waals surface area contributed by atoms with Crippen molar-refractivity contribution < 1.29 is 27.5 Å². The van der Waals surface area contributed by atoms with Crippen LogP contribution in [0.4, 0.5) is 13.2 Å². The molecule has 4 rings (SSSR count). The van der Waals surface area contributed by atoms with Crippen LogP contribution in [0.5, 0.6) is 0 Å². The van der Waals surface area contributed by atoms with Gasteiger partial charge in [0.25, 0.3) is 11.8 Å². The van der Waals surface area contributed by atoms with E-state index in [4.69, 9.17) is 4.74 Å². The van der Waals surface area contributed by atoms with E-state index in [1.807, 2.05) is 23.3 Å². The molecule has 4 heterocycles. The summed E-state index contributed by atoms with van der Waals surface area (Å²) in [6.07, 6.45) is -1.08. The van der Waals surface area contributed by atoms with Gasteiger partial charge in [-0.15, -0.1) is 0 Å². The molecule has 7 nitrogen and oxygen atoms in total. The van der Waals surface area contributed by atoms with Crippen LogP contribution in [0.25, 0.3) is 0 Å². The number of nitrogens with one attached hydrogen (secondary N) is 1. The van der Waals surface area contributed by atoms with Crippen molar-refractivity contribution >= 4 is 27.7 Å². The van der Waals surface area contributed by atoms with Gasteiger partial charge in [-0.3, -0.25) is 14.6 Å². The summed E-state index contributed by atoms with van der Waals surface area (Å²) in [5.41, 5.74) is 0.825. The third-order valence-corrected chi connectivity index (χ3v) is 7.22. The fraction of sp³-hybridized carbons (Fsp3) is 0.522. The number of rotatable bonds is 5. The lowest BCUT2D eigenvalue weighted by atomic mass is 10.1. The smallest absolute Gasteiger partial charge is 0.373 e. The summed E-state index contributed by atoms with van der Waals surface area (Å²) in [5, 5.41) is 2.90. The molecule has 2 aliphatic rings. The van der Waals surface area contributed by atoms with E-state index in [9.17, 15) is 22.8 Å². The molecular formula is C23H26BrF3N4O3. The minimum absolute atomic E-state index is 0.124. The standard InChI is InChI=1S/C23H26BrF3N4O3/c1-3-15(14-6-7-17(28-11-14)23(25,26)27)29-21(32)18-16-12-34-10-9-31(16)20(19(18)24)22(33)30-8-4-5-13(30)2/h6-7,11,13,15H,3-5,8-10,12H2,1-2H3,(H,29,32)/t13?,15-/m1/s1. The van der Waals surface area contributed by atoms with Crippen LogP contribution < -0.4 is 5.32 Å². The number of hydrogen-bond donors (Lipinski definition) is 1. The Labute approximate surface area is 203 Å². The number of fused-ring (bicyclic) bond motifs is 1. The Morgan fingerprint density at radius 3 is 2.68 bits per heavy atom. The lowest BCUT2D eigenvalue weighted by molar-refractivity contribution is -0.141. The number of halogens is 4. The molecule has 2 amide bonds. The number of likely N-dealkylation sites (tertiary alicyclic amines) is 1. The molecule has 2 aliphatic heterocycles. The number of hydrogen-bond acceptors (Lipinski definition) is 4. The molecule has 0 aromatic carbocycles. The number of aromatic nitrogens is 2. The summed E-state index contributed by atoms with van der Waals surface area (Å²) in [4.78, 5) is 32.1. The molecule has 1 saturated heterocycles. The number of ether oxygens (including phenoxy) is 1. The Bertz CT molecular complexity index is 1080. The maximum absolute atomic E-state index is 13.4. The monoisotopic (exact) mass is 542 g/mol. The number of carbonyl (C=O) groups excluding carboxylic acids is 2. The minimum atomic E-state index is -4.53. The molecule has 2 atom stereocenters. The molecule has 34 heavy (non-hydrogen) atoms. The molecule has 0 bridgehead atoms. The van der Waals surface area contributed by atoms with Crippen molar-refractivity contribution in [3.63, 3.8) is 0 Å². The van der Waals surface area contributed by atoms with Crippen molar-refractivity contribution in [1.82, 2.24) is 19.8 Å². The van der Waals surface area contributed by atoms with Gasteiger partial charge in [0.15, 0.2) is 0 Å².